The minimum atomic E-state index is -7.10. The van der Waals surface area contributed by atoms with Crippen molar-refractivity contribution in [2.75, 3.05) is 0 Å². The fourth-order valence-corrected chi connectivity index (χ4v) is 9.12. The summed E-state index contributed by atoms with van der Waals surface area (Å²) in [6.45, 7) is 0. The van der Waals surface area contributed by atoms with E-state index in [1.54, 1.807) is 0 Å². The molecule has 0 saturated heterocycles. The number of halogens is 10. The topological polar surface area (TPSA) is 114 Å². The van der Waals surface area contributed by atoms with Crippen molar-refractivity contribution in [1.82, 2.24) is 0 Å². The maximum atomic E-state index is 11.8. The molecule has 60 heavy (non-hydrogen) atoms. The molecule has 0 aromatic heterocycles. The molecule has 0 radical (unpaired) electrons. The zero-order valence-corrected chi connectivity index (χ0v) is 33.4. The van der Waals surface area contributed by atoms with Gasteiger partial charge < -0.3 is 9.11 Å². The van der Waals surface area contributed by atoms with Gasteiger partial charge in [0.05, 0.1) is 21.8 Å². The molecule has 0 bridgehead atoms. The van der Waals surface area contributed by atoms with Crippen LogP contribution >= 0.6 is 0 Å². The van der Waals surface area contributed by atoms with E-state index < -0.39 is 43.1 Å². The van der Waals surface area contributed by atoms with Crippen molar-refractivity contribution >= 4 is 42.0 Å². The zero-order valence-electron chi connectivity index (χ0n) is 30.2. The van der Waals surface area contributed by atoms with Crippen LogP contribution in [0.2, 0.25) is 0 Å². The number of hydrogen-bond acceptors (Lipinski definition) is 6. The van der Waals surface area contributed by atoms with Crippen molar-refractivity contribution in [3.63, 3.8) is 0 Å². The molecule has 6 aromatic carbocycles. The third kappa shape index (κ3) is 13.6. The molecule has 0 heterocycles. The Morgan fingerprint density at radius 1 is 0.333 bits per heavy atom. The van der Waals surface area contributed by atoms with Gasteiger partial charge >= 0.3 is 22.9 Å². The summed E-state index contributed by atoms with van der Waals surface area (Å²) in [5.74, 6) is -6.92. The molecule has 0 aliphatic carbocycles. The molecule has 20 heteroatoms. The van der Waals surface area contributed by atoms with E-state index >= 15 is 0 Å². The maximum Gasteiger partial charge on any atom is 0.485 e. The van der Waals surface area contributed by atoms with E-state index in [4.69, 9.17) is 13.0 Å². The first kappa shape index (κ1) is 49.5. The molecule has 0 aliphatic heterocycles. The lowest BCUT2D eigenvalue weighted by Gasteiger charge is -2.29. The summed E-state index contributed by atoms with van der Waals surface area (Å²) in [5.41, 5.74) is -5.65. The second kappa shape index (κ2) is 21.1. The van der Waals surface area contributed by atoms with Gasteiger partial charge in [-0.2, -0.15) is 43.9 Å². The fourth-order valence-electron chi connectivity index (χ4n) is 4.48. The molecular weight excluding hydrogens is 895 g/mol. The van der Waals surface area contributed by atoms with Crippen LogP contribution in [0.15, 0.2) is 211 Å². The predicted octanol–water partition coefficient (Wildman–Crippen LogP) is 10.9. The van der Waals surface area contributed by atoms with Crippen LogP contribution in [-0.4, -0.2) is 48.8 Å². The Bertz CT molecular complexity index is 2090. The van der Waals surface area contributed by atoms with Crippen molar-refractivity contribution in [3.05, 3.63) is 182 Å². The molecule has 0 unspecified atom stereocenters. The second-order valence-electron chi connectivity index (χ2n) is 11.4. The highest BCUT2D eigenvalue weighted by Gasteiger charge is 2.76. The standard InChI is InChI=1S/2C18H15S.C3HF7O3S.CHF3O3S/c2*1-4-10-16(11-5-1)19(17-12-6-2-7-13-17)18-14-8-3-9-15-18;4-1(5,2(6,7)8)3(9,10)14(11,12)13;2-1(3,4)8(5,6)7/h2*1-15H;(H,11,12,13);(H,5,6,7)/q2*+1;;/p-2. The van der Waals surface area contributed by atoms with Crippen LogP contribution in [0, 0.1) is 0 Å². The average molecular weight is 925 g/mol. The Balaban J connectivity index is 0.000000223. The van der Waals surface area contributed by atoms with Crippen LogP contribution in [-0.2, 0) is 42.0 Å². The molecule has 6 nitrogen and oxygen atoms in total. The highest BCUT2D eigenvalue weighted by Crippen LogP contribution is 2.48. The van der Waals surface area contributed by atoms with Gasteiger partial charge in [0.25, 0.3) is 0 Å². The highest BCUT2D eigenvalue weighted by atomic mass is 32.2. The zero-order chi connectivity index (χ0) is 44.8. The first-order valence-electron chi connectivity index (χ1n) is 16.5. The lowest BCUT2D eigenvalue weighted by atomic mass is 10.3. The van der Waals surface area contributed by atoms with E-state index in [2.05, 4.69) is 182 Å². The summed E-state index contributed by atoms with van der Waals surface area (Å²) < 4.78 is 168. The molecular formula is C40H30F10O6S4. The molecule has 320 valence electrons. The first-order valence-corrected chi connectivity index (χ1v) is 21.8. The molecule has 0 N–H and O–H groups in total. The number of benzene rings is 6. The smallest absolute Gasteiger partial charge is 0.485 e. The monoisotopic (exact) mass is 924 g/mol. The average Bonchev–Trinajstić information content (AvgIpc) is 3.20. The van der Waals surface area contributed by atoms with Gasteiger partial charge in [0.15, 0.2) is 49.6 Å². The lowest BCUT2D eigenvalue weighted by Crippen LogP contribution is -2.55. The third-order valence-electron chi connectivity index (χ3n) is 7.19. The summed E-state index contributed by atoms with van der Waals surface area (Å²) >= 11 is 0. The lowest BCUT2D eigenvalue weighted by molar-refractivity contribution is -0.333. The normalized spacial score (nSPS) is 12.2. The Morgan fingerprint density at radius 3 is 0.600 bits per heavy atom. The van der Waals surface area contributed by atoms with E-state index in [1.807, 2.05) is 0 Å². The minimum Gasteiger partial charge on any atom is -0.743 e. The van der Waals surface area contributed by atoms with Crippen molar-refractivity contribution in [2.24, 2.45) is 0 Å². The summed E-state index contributed by atoms with van der Waals surface area (Å²) in [4.78, 5) is 8.17. The van der Waals surface area contributed by atoms with Crippen molar-refractivity contribution in [3.8, 4) is 0 Å². The Kier molecular flexibility index (Phi) is 17.4. The van der Waals surface area contributed by atoms with Crippen molar-refractivity contribution < 1.29 is 69.8 Å². The summed E-state index contributed by atoms with van der Waals surface area (Å²) in [6.07, 6.45) is -6.83. The SMILES string of the molecule is O=S(=O)([O-])C(F)(F)C(F)(F)C(F)(F)F.O=S(=O)([O-])C(F)(F)F.c1ccc([S+](c2ccccc2)c2ccccc2)cc1.c1ccc([S+](c2ccccc2)c2ccccc2)cc1. The summed E-state index contributed by atoms with van der Waals surface area (Å²) in [7, 11) is -13.2. The van der Waals surface area contributed by atoms with Crippen LogP contribution in [0.1, 0.15) is 0 Å². The summed E-state index contributed by atoms with van der Waals surface area (Å²) in [6, 6.07) is 64.3. The van der Waals surface area contributed by atoms with Gasteiger partial charge in [0, 0.05) is 0 Å². The van der Waals surface area contributed by atoms with Crippen LogP contribution in [0.3, 0.4) is 0 Å². The van der Waals surface area contributed by atoms with E-state index in [9.17, 15) is 56.9 Å². The predicted molar refractivity (Wildman–Crippen MR) is 204 cm³/mol. The third-order valence-corrected chi connectivity index (χ3v) is 13.1. The molecule has 6 aromatic rings. The number of rotatable bonds is 8. The van der Waals surface area contributed by atoms with E-state index in [0.717, 1.165) is 0 Å². The van der Waals surface area contributed by atoms with Crippen molar-refractivity contribution in [1.29, 1.82) is 0 Å². The van der Waals surface area contributed by atoms with Crippen LogP contribution in [0.4, 0.5) is 43.9 Å². The van der Waals surface area contributed by atoms with Gasteiger partial charge in [-0.05, 0) is 72.8 Å². The Labute approximate surface area is 344 Å². The fraction of sp³-hybridized carbons (Fsp3) is 0.100. The number of alkyl halides is 10. The molecule has 0 saturated carbocycles. The van der Waals surface area contributed by atoms with Gasteiger partial charge in [-0.1, -0.05) is 109 Å². The molecule has 0 spiro atoms. The van der Waals surface area contributed by atoms with Gasteiger partial charge in [0.1, 0.15) is 0 Å². The first-order chi connectivity index (χ1) is 27.9. The maximum absolute atomic E-state index is 11.8. The van der Waals surface area contributed by atoms with Crippen LogP contribution < -0.4 is 0 Å². The molecule has 0 amide bonds. The second-order valence-corrected chi connectivity index (χ2v) is 18.3. The Hall–Kier alpha value is -4.86. The molecule has 0 atom stereocenters. The largest absolute Gasteiger partial charge is 0.743 e. The molecule has 0 fully saturated rings. The van der Waals surface area contributed by atoms with Crippen molar-refractivity contribution in [2.45, 2.75) is 52.2 Å². The van der Waals surface area contributed by atoms with Crippen LogP contribution in [0.25, 0.3) is 0 Å². The van der Waals surface area contributed by atoms with E-state index in [-0.39, 0.29) is 21.8 Å². The molecule has 6 rings (SSSR count). The van der Waals surface area contributed by atoms with Gasteiger partial charge in [-0.15, -0.1) is 0 Å². The minimum absolute atomic E-state index is 0.0146. The Morgan fingerprint density at radius 2 is 0.500 bits per heavy atom. The van der Waals surface area contributed by atoms with E-state index in [1.165, 1.54) is 29.4 Å². The van der Waals surface area contributed by atoms with Gasteiger partial charge in [-0.25, -0.2) is 16.8 Å². The van der Waals surface area contributed by atoms with E-state index in [0.29, 0.717) is 0 Å². The quantitative estimate of drug-likeness (QED) is 0.0650. The molecule has 0 aliphatic rings. The summed E-state index contributed by atoms with van der Waals surface area (Å²) in [5, 5.41) is -6.72. The van der Waals surface area contributed by atoms with Crippen LogP contribution in [0.5, 0.6) is 0 Å². The number of hydrogen-bond donors (Lipinski definition) is 0. The van der Waals surface area contributed by atoms with Gasteiger partial charge in [-0.3, -0.25) is 0 Å². The highest BCUT2D eigenvalue weighted by molar-refractivity contribution is 7.97. The van der Waals surface area contributed by atoms with Gasteiger partial charge in [0.2, 0.25) is 0 Å².